The summed E-state index contributed by atoms with van der Waals surface area (Å²) < 4.78 is 11.1. The number of amides is 1. The van der Waals surface area contributed by atoms with Crippen LogP contribution in [0.4, 0.5) is 4.79 Å². The van der Waals surface area contributed by atoms with Gasteiger partial charge in [0.05, 0.1) is 4.88 Å². The minimum absolute atomic E-state index is 0.203. The van der Waals surface area contributed by atoms with Crippen molar-refractivity contribution in [3.63, 3.8) is 0 Å². The molecule has 2 aromatic heterocycles. The van der Waals surface area contributed by atoms with Crippen molar-refractivity contribution >= 4 is 17.4 Å². The lowest BCUT2D eigenvalue weighted by Gasteiger charge is -2.29. The second kappa shape index (κ2) is 7.61. The predicted molar refractivity (Wildman–Crippen MR) is 94.1 cm³/mol. The molecule has 0 saturated carbocycles. The second-order valence-electron chi connectivity index (χ2n) is 6.37. The number of ether oxygens (including phenoxy) is 2. The first-order chi connectivity index (χ1) is 11.3. The van der Waals surface area contributed by atoms with Gasteiger partial charge in [-0.3, -0.25) is 4.98 Å². The maximum atomic E-state index is 11.2. The fourth-order valence-electron chi connectivity index (χ4n) is 2.59. The molecule has 24 heavy (non-hydrogen) atoms. The van der Waals surface area contributed by atoms with Crippen LogP contribution in [0, 0.1) is 12.8 Å². The van der Waals surface area contributed by atoms with E-state index in [0.717, 1.165) is 15.4 Å². The van der Waals surface area contributed by atoms with E-state index >= 15 is 0 Å². The van der Waals surface area contributed by atoms with E-state index < -0.39 is 11.7 Å². The Morgan fingerprint density at radius 3 is 2.62 bits per heavy atom. The molecule has 0 radical (unpaired) electrons. The van der Waals surface area contributed by atoms with E-state index in [-0.39, 0.29) is 6.61 Å². The molecular weight excluding hydrogens is 326 g/mol. The molecule has 0 aliphatic rings. The molecule has 7 heteroatoms. The topological polar surface area (TPSA) is 87.3 Å². The van der Waals surface area contributed by atoms with Gasteiger partial charge in [0, 0.05) is 18.0 Å². The summed E-state index contributed by atoms with van der Waals surface area (Å²) in [5.74, 6) is 0.886. The monoisotopic (exact) mass is 349 g/mol. The summed E-state index contributed by atoms with van der Waals surface area (Å²) in [5, 5.41) is 0.867. The van der Waals surface area contributed by atoms with Crippen molar-refractivity contribution in [1.29, 1.82) is 0 Å². The number of carbonyl (C=O) groups is 1. The molecule has 0 aliphatic heterocycles. The number of nitrogens with two attached hydrogens (primary N) is 1. The van der Waals surface area contributed by atoms with Crippen LogP contribution in [0.5, 0.6) is 5.88 Å². The molecule has 1 atom stereocenters. The van der Waals surface area contributed by atoms with Crippen LogP contribution in [-0.4, -0.2) is 28.3 Å². The summed E-state index contributed by atoms with van der Waals surface area (Å²) in [6.07, 6.45) is 3.31. The Morgan fingerprint density at radius 1 is 1.38 bits per heavy atom. The molecule has 130 valence electrons. The van der Waals surface area contributed by atoms with Crippen molar-refractivity contribution in [2.24, 2.45) is 11.7 Å². The number of rotatable bonds is 7. The lowest BCUT2D eigenvalue weighted by atomic mass is 9.95. The van der Waals surface area contributed by atoms with E-state index in [0.29, 0.717) is 18.2 Å². The van der Waals surface area contributed by atoms with Crippen LogP contribution in [0.15, 0.2) is 24.5 Å². The number of aryl methyl sites for hydroxylation is 1. The molecule has 0 saturated heterocycles. The van der Waals surface area contributed by atoms with E-state index in [4.69, 9.17) is 15.2 Å². The third-order valence-electron chi connectivity index (χ3n) is 3.38. The van der Waals surface area contributed by atoms with Crippen LogP contribution < -0.4 is 10.5 Å². The van der Waals surface area contributed by atoms with Gasteiger partial charge < -0.3 is 15.2 Å². The first-order valence-corrected chi connectivity index (χ1v) is 8.60. The molecule has 1 amide bonds. The number of aromatic nitrogens is 2. The summed E-state index contributed by atoms with van der Waals surface area (Å²) >= 11 is 1.55. The van der Waals surface area contributed by atoms with Crippen molar-refractivity contribution in [3.05, 3.63) is 29.4 Å². The molecule has 2 aromatic rings. The van der Waals surface area contributed by atoms with E-state index in [1.807, 2.05) is 26.0 Å². The average molecular weight is 349 g/mol. The van der Waals surface area contributed by atoms with Crippen LogP contribution >= 0.6 is 11.3 Å². The van der Waals surface area contributed by atoms with Crippen LogP contribution in [0.3, 0.4) is 0 Å². The van der Waals surface area contributed by atoms with Crippen molar-refractivity contribution in [3.8, 4) is 16.5 Å². The van der Waals surface area contributed by atoms with Gasteiger partial charge in [-0.1, -0.05) is 13.8 Å². The summed E-state index contributed by atoms with van der Waals surface area (Å²) in [6.45, 7) is 8.08. The molecule has 2 rings (SSSR count). The zero-order valence-electron chi connectivity index (χ0n) is 14.4. The zero-order chi connectivity index (χ0) is 17.7. The average Bonchev–Trinajstić information content (AvgIpc) is 2.86. The smallest absolute Gasteiger partial charge is 0.405 e. The number of pyridine rings is 1. The number of nitrogens with zero attached hydrogens (tertiary/aromatic N) is 2. The Balaban J connectivity index is 2.12. The van der Waals surface area contributed by atoms with Gasteiger partial charge in [-0.15, -0.1) is 11.3 Å². The quantitative estimate of drug-likeness (QED) is 0.821. The third kappa shape index (κ3) is 4.92. The number of thiazole rings is 1. The zero-order valence-corrected chi connectivity index (χ0v) is 15.2. The first-order valence-electron chi connectivity index (χ1n) is 7.78. The standard InChI is InChI=1S/C17H23N3O3S/c1-11(2)9-17(4,23-16(18)21)10-22-14-12(3)24-15(20-14)13-5-7-19-8-6-13/h5-8,11H,9-10H2,1-4H3,(H2,18,21)/t17-/m0/s1. The maximum Gasteiger partial charge on any atom is 0.405 e. The predicted octanol–water partition coefficient (Wildman–Crippen LogP) is 3.79. The van der Waals surface area contributed by atoms with E-state index in [2.05, 4.69) is 23.8 Å². The van der Waals surface area contributed by atoms with Gasteiger partial charge >= 0.3 is 6.09 Å². The molecule has 2 heterocycles. The molecule has 2 N–H and O–H groups in total. The molecule has 0 aliphatic carbocycles. The Bertz CT molecular complexity index is 688. The van der Waals surface area contributed by atoms with Crippen LogP contribution in [0.1, 0.15) is 32.1 Å². The SMILES string of the molecule is Cc1sc(-c2ccncc2)nc1OC[C@](C)(CC(C)C)OC(N)=O. The molecular formula is C17H23N3O3S. The van der Waals surface area contributed by atoms with Crippen molar-refractivity contribution in [1.82, 2.24) is 9.97 Å². The van der Waals surface area contributed by atoms with Crippen molar-refractivity contribution in [2.45, 2.75) is 39.7 Å². The highest BCUT2D eigenvalue weighted by Gasteiger charge is 2.31. The van der Waals surface area contributed by atoms with Gasteiger partial charge in [0.1, 0.15) is 17.2 Å². The Hall–Kier alpha value is -2.15. The highest BCUT2D eigenvalue weighted by atomic mass is 32.1. The van der Waals surface area contributed by atoms with E-state index in [1.54, 1.807) is 23.7 Å². The van der Waals surface area contributed by atoms with Gasteiger partial charge in [-0.25, -0.2) is 9.78 Å². The number of carbonyl (C=O) groups excluding carboxylic acids is 1. The van der Waals surface area contributed by atoms with Crippen LogP contribution in [0.25, 0.3) is 10.6 Å². The Labute approximate surface area is 146 Å². The fraction of sp³-hybridized carbons (Fsp3) is 0.471. The Kier molecular flexibility index (Phi) is 5.77. The van der Waals surface area contributed by atoms with Gasteiger partial charge in [-0.2, -0.15) is 0 Å². The van der Waals surface area contributed by atoms with Crippen molar-refractivity contribution in [2.75, 3.05) is 6.61 Å². The van der Waals surface area contributed by atoms with Crippen LogP contribution in [-0.2, 0) is 4.74 Å². The lowest BCUT2D eigenvalue weighted by molar-refractivity contribution is -0.0196. The van der Waals surface area contributed by atoms with Crippen molar-refractivity contribution < 1.29 is 14.3 Å². The summed E-state index contributed by atoms with van der Waals surface area (Å²) in [6, 6.07) is 3.81. The molecule has 0 unspecified atom stereocenters. The highest BCUT2D eigenvalue weighted by Crippen LogP contribution is 2.32. The third-order valence-corrected chi connectivity index (χ3v) is 4.38. The number of primary amides is 1. The van der Waals surface area contributed by atoms with Crippen LogP contribution in [0.2, 0.25) is 0 Å². The first kappa shape index (κ1) is 18.2. The van der Waals surface area contributed by atoms with Gasteiger partial charge in [0.2, 0.25) is 5.88 Å². The van der Waals surface area contributed by atoms with E-state index in [1.165, 1.54) is 0 Å². The summed E-state index contributed by atoms with van der Waals surface area (Å²) in [7, 11) is 0. The molecule has 0 bridgehead atoms. The second-order valence-corrected chi connectivity index (χ2v) is 7.58. The van der Waals surface area contributed by atoms with E-state index in [9.17, 15) is 4.79 Å². The van der Waals surface area contributed by atoms with Gasteiger partial charge in [0.25, 0.3) is 0 Å². The number of hydrogen-bond donors (Lipinski definition) is 1. The number of hydrogen-bond acceptors (Lipinski definition) is 6. The fourth-order valence-corrected chi connectivity index (χ4v) is 3.46. The molecule has 6 nitrogen and oxygen atoms in total. The lowest BCUT2D eigenvalue weighted by Crippen LogP contribution is -2.41. The maximum absolute atomic E-state index is 11.2. The normalized spacial score (nSPS) is 13.5. The molecule has 0 fully saturated rings. The largest absolute Gasteiger partial charge is 0.473 e. The summed E-state index contributed by atoms with van der Waals surface area (Å²) in [5.41, 5.74) is 5.40. The molecule has 0 spiro atoms. The minimum Gasteiger partial charge on any atom is -0.473 e. The summed E-state index contributed by atoms with van der Waals surface area (Å²) in [4.78, 5) is 20.7. The Morgan fingerprint density at radius 2 is 2.04 bits per heavy atom. The van der Waals surface area contributed by atoms with Gasteiger partial charge in [-0.05, 0) is 38.3 Å². The minimum atomic E-state index is -0.797. The van der Waals surface area contributed by atoms with Gasteiger partial charge in [0.15, 0.2) is 0 Å². The molecule has 0 aromatic carbocycles. The highest BCUT2D eigenvalue weighted by molar-refractivity contribution is 7.15.